The average molecular weight is 283 g/mol. The van der Waals surface area contributed by atoms with E-state index >= 15 is 0 Å². The molecule has 2 aromatic heterocycles. The SMILES string of the molecule is CC(=O)c1ccc(Oc2ccc3nccnc3n2)cc1F. The summed E-state index contributed by atoms with van der Waals surface area (Å²) in [7, 11) is 0. The molecule has 0 aliphatic heterocycles. The minimum atomic E-state index is -0.624. The predicted octanol–water partition coefficient (Wildman–Crippen LogP) is 3.16. The Balaban J connectivity index is 1.91. The Morgan fingerprint density at radius 2 is 1.95 bits per heavy atom. The predicted molar refractivity (Wildman–Crippen MR) is 73.8 cm³/mol. The zero-order chi connectivity index (χ0) is 14.8. The Morgan fingerprint density at radius 3 is 2.71 bits per heavy atom. The highest BCUT2D eigenvalue weighted by molar-refractivity contribution is 5.94. The van der Waals surface area contributed by atoms with Crippen molar-refractivity contribution in [3.05, 3.63) is 54.1 Å². The third-order valence-electron chi connectivity index (χ3n) is 2.85. The lowest BCUT2D eigenvalue weighted by Gasteiger charge is -2.06. The lowest BCUT2D eigenvalue weighted by atomic mass is 10.1. The van der Waals surface area contributed by atoms with E-state index in [-0.39, 0.29) is 23.0 Å². The third kappa shape index (κ3) is 2.69. The van der Waals surface area contributed by atoms with Crippen molar-refractivity contribution in [2.75, 3.05) is 0 Å². The molecule has 0 amide bonds. The summed E-state index contributed by atoms with van der Waals surface area (Å²) in [6.45, 7) is 1.31. The fraction of sp³-hybridized carbons (Fsp3) is 0.0667. The fourth-order valence-corrected chi connectivity index (χ4v) is 1.86. The highest BCUT2D eigenvalue weighted by atomic mass is 19.1. The molecule has 0 bridgehead atoms. The molecular weight excluding hydrogens is 273 g/mol. The number of carbonyl (C=O) groups is 1. The fourth-order valence-electron chi connectivity index (χ4n) is 1.86. The standard InChI is InChI=1S/C15H10FN3O2/c1-9(20)11-3-2-10(8-12(11)16)21-14-5-4-13-15(19-14)18-7-6-17-13/h2-8H,1H3. The highest BCUT2D eigenvalue weighted by Gasteiger charge is 2.09. The maximum Gasteiger partial charge on any atom is 0.221 e. The number of benzene rings is 1. The van der Waals surface area contributed by atoms with Crippen LogP contribution in [0, 0.1) is 5.82 Å². The van der Waals surface area contributed by atoms with E-state index in [4.69, 9.17) is 4.74 Å². The first kappa shape index (κ1) is 13.1. The number of ether oxygens (including phenoxy) is 1. The van der Waals surface area contributed by atoms with Gasteiger partial charge in [0.25, 0.3) is 0 Å². The number of Topliss-reactive ketones (excluding diaryl/α,β-unsaturated/α-hetero) is 1. The summed E-state index contributed by atoms with van der Waals surface area (Å²) < 4.78 is 19.2. The molecule has 0 N–H and O–H groups in total. The molecule has 0 unspecified atom stereocenters. The summed E-state index contributed by atoms with van der Waals surface area (Å²) in [5.41, 5.74) is 1.11. The van der Waals surface area contributed by atoms with Crippen molar-refractivity contribution in [3.8, 4) is 11.6 Å². The summed E-state index contributed by atoms with van der Waals surface area (Å²) >= 11 is 0. The van der Waals surface area contributed by atoms with Gasteiger partial charge in [0.1, 0.15) is 17.1 Å². The minimum absolute atomic E-state index is 0.0275. The molecule has 3 aromatic rings. The van der Waals surface area contributed by atoms with E-state index in [1.165, 1.54) is 25.3 Å². The van der Waals surface area contributed by atoms with Gasteiger partial charge >= 0.3 is 0 Å². The first-order valence-corrected chi connectivity index (χ1v) is 6.19. The topological polar surface area (TPSA) is 65.0 Å². The largest absolute Gasteiger partial charge is 0.439 e. The number of hydrogen-bond acceptors (Lipinski definition) is 5. The van der Waals surface area contributed by atoms with Gasteiger partial charge in [-0.15, -0.1) is 0 Å². The van der Waals surface area contributed by atoms with E-state index in [1.54, 1.807) is 18.3 Å². The first-order valence-electron chi connectivity index (χ1n) is 6.19. The van der Waals surface area contributed by atoms with Crippen LogP contribution in [0.5, 0.6) is 11.6 Å². The van der Waals surface area contributed by atoms with Crippen LogP contribution in [-0.2, 0) is 0 Å². The van der Waals surface area contributed by atoms with Gasteiger partial charge < -0.3 is 4.74 Å². The van der Waals surface area contributed by atoms with Crippen LogP contribution in [-0.4, -0.2) is 20.7 Å². The van der Waals surface area contributed by atoms with Gasteiger partial charge in [-0.1, -0.05) is 0 Å². The molecule has 21 heavy (non-hydrogen) atoms. The average Bonchev–Trinajstić information content (AvgIpc) is 2.47. The number of nitrogens with zero attached hydrogens (tertiary/aromatic N) is 3. The second kappa shape index (κ2) is 5.24. The number of fused-ring (bicyclic) bond motifs is 1. The monoisotopic (exact) mass is 283 g/mol. The van der Waals surface area contributed by atoms with Crippen LogP contribution in [0.25, 0.3) is 11.2 Å². The smallest absolute Gasteiger partial charge is 0.221 e. The number of rotatable bonds is 3. The Labute approximate surface area is 119 Å². The Bertz CT molecular complexity index is 836. The van der Waals surface area contributed by atoms with Crippen LogP contribution in [0.1, 0.15) is 17.3 Å². The first-order chi connectivity index (χ1) is 10.1. The van der Waals surface area contributed by atoms with Crippen molar-refractivity contribution >= 4 is 16.9 Å². The van der Waals surface area contributed by atoms with E-state index in [2.05, 4.69) is 15.0 Å². The molecular formula is C15H10FN3O2. The zero-order valence-corrected chi connectivity index (χ0v) is 11.1. The molecule has 2 heterocycles. The summed E-state index contributed by atoms with van der Waals surface area (Å²) in [6, 6.07) is 7.38. The van der Waals surface area contributed by atoms with Gasteiger partial charge in [0.2, 0.25) is 5.88 Å². The summed E-state index contributed by atoms with van der Waals surface area (Å²) in [5, 5.41) is 0. The quantitative estimate of drug-likeness (QED) is 0.691. The number of ketones is 1. The van der Waals surface area contributed by atoms with E-state index < -0.39 is 5.82 Å². The molecule has 0 radical (unpaired) electrons. The van der Waals surface area contributed by atoms with Crippen molar-refractivity contribution in [2.24, 2.45) is 0 Å². The van der Waals surface area contributed by atoms with Crippen LogP contribution in [0.3, 0.4) is 0 Å². The van der Waals surface area contributed by atoms with E-state index in [0.29, 0.717) is 11.2 Å². The molecule has 0 aliphatic carbocycles. The Kier molecular flexibility index (Phi) is 3.27. The lowest BCUT2D eigenvalue weighted by Crippen LogP contribution is -1.97. The lowest BCUT2D eigenvalue weighted by molar-refractivity contribution is 0.101. The Morgan fingerprint density at radius 1 is 1.14 bits per heavy atom. The van der Waals surface area contributed by atoms with Gasteiger partial charge in [0, 0.05) is 24.5 Å². The molecule has 0 aliphatic rings. The van der Waals surface area contributed by atoms with Crippen LogP contribution in [0.15, 0.2) is 42.7 Å². The van der Waals surface area contributed by atoms with E-state index in [0.717, 1.165) is 6.07 Å². The molecule has 0 atom stereocenters. The van der Waals surface area contributed by atoms with Crippen LogP contribution in [0.2, 0.25) is 0 Å². The molecule has 0 saturated heterocycles. The van der Waals surface area contributed by atoms with Crippen molar-refractivity contribution in [3.63, 3.8) is 0 Å². The normalized spacial score (nSPS) is 10.6. The number of pyridine rings is 1. The molecule has 3 rings (SSSR count). The molecule has 104 valence electrons. The van der Waals surface area contributed by atoms with Crippen molar-refractivity contribution in [1.29, 1.82) is 0 Å². The molecule has 1 aromatic carbocycles. The van der Waals surface area contributed by atoms with E-state index in [1.807, 2.05) is 0 Å². The maximum atomic E-state index is 13.7. The van der Waals surface area contributed by atoms with E-state index in [9.17, 15) is 9.18 Å². The van der Waals surface area contributed by atoms with Gasteiger partial charge in [0.05, 0.1) is 5.56 Å². The second-order valence-corrected chi connectivity index (χ2v) is 4.35. The number of halogens is 1. The van der Waals surface area contributed by atoms with Gasteiger partial charge in [0.15, 0.2) is 11.4 Å². The van der Waals surface area contributed by atoms with Crippen LogP contribution < -0.4 is 4.74 Å². The summed E-state index contributed by atoms with van der Waals surface area (Å²) in [6.07, 6.45) is 3.10. The molecule has 5 nitrogen and oxygen atoms in total. The number of aromatic nitrogens is 3. The maximum absolute atomic E-state index is 13.7. The minimum Gasteiger partial charge on any atom is -0.439 e. The van der Waals surface area contributed by atoms with Gasteiger partial charge in [-0.05, 0) is 25.1 Å². The van der Waals surface area contributed by atoms with Gasteiger partial charge in [-0.3, -0.25) is 9.78 Å². The molecule has 0 saturated carbocycles. The molecule has 0 spiro atoms. The number of carbonyl (C=O) groups excluding carboxylic acids is 1. The van der Waals surface area contributed by atoms with Crippen molar-refractivity contribution in [1.82, 2.24) is 15.0 Å². The molecule has 0 fully saturated rings. The van der Waals surface area contributed by atoms with Crippen LogP contribution in [0.4, 0.5) is 4.39 Å². The zero-order valence-electron chi connectivity index (χ0n) is 11.1. The number of hydrogen-bond donors (Lipinski definition) is 0. The molecule has 6 heteroatoms. The highest BCUT2D eigenvalue weighted by Crippen LogP contribution is 2.23. The summed E-state index contributed by atoms with van der Waals surface area (Å²) in [4.78, 5) is 23.5. The van der Waals surface area contributed by atoms with Crippen molar-refractivity contribution in [2.45, 2.75) is 6.92 Å². The van der Waals surface area contributed by atoms with Gasteiger partial charge in [-0.25, -0.2) is 9.37 Å². The van der Waals surface area contributed by atoms with Gasteiger partial charge in [-0.2, -0.15) is 4.98 Å². The summed E-state index contributed by atoms with van der Waals surface area (Å²) in [5.74, 6) is -0.426. The van der Waals surface area contributed by atoms with Crippen LogP contribution >= 0.6 is 0 Å². The van der Waals surface area contributed by atoms with Crippen molar-refractivity contribution < 1.29 is 13.9 Å². The second-order valence-electron chi connectivity index (χ2n) is 4.35. The third-order valence-corrected chi connectivity index (χ3v) is 2.85. The Hall–Kier alpha value is -2.89.